The highest BCUT2D eigenvalue weighted by Crippen LogP contribution is 2.75. The molecule has 10 heteroatoms. The molecule has 3 aliphatic rings. The van der Waals surface area contributed by atoms with E-state index in [2.05, 4.69) is 12.1 Å². The molecule has 9 nitrogen and oxygen atoms in total. The molecule has 47 heavy (non-hydrogen) atoms. The minimum Gasteiger partial charge on any atom is -0.463 e. The molecule has 0 aromatic heterocycles. The number of carbonyl (C=O) groups is 4. The lowest BCUT2D eigenvalue weighted by Gasteiger charge is -2.42. The van der Waals surface area contributed by atoms with Crippen molar-refractivity contribution in [3.8, 4) is 12.1 Å². The molecule has 0 bridgehead atoms. The summed E-state index contributed by atoms with van der Waals surface area (Å²) in [4.78, 5) is 61.5. The van der Waals surface area contributed by atoms with Gasteiger partial charge in [-0.15, -0.1) is 0 Å². The van der Waals surface area contributed by atoms with Crippen LogP contribution in [0.3, 0.4) is 0 Å². The highest BCUT2D eigenvalue weighted by atomic mass is 35.5. The number of benzene rings is 3. The minimum absolute atomic E-state index is 0.0216. The molecule has 2 heterocycles. The number of halogens is 1. The Hall–Kier alpha value is -5.25. The highest BCUT2D eigenvalue weighted by molar-refractivity contribution is 6.32. The van der Waals surface area contributed by atoms with Crippen molar-refractivity contribution in [2.24, 2.45) is 16.7 Å². The van der Waals surface area contributed by atoms with Crippen molar-refractivity contribution in [3.63, 3.8) is 0 Å². The molecule has 3 atom stereocenters. The Morgan fingerprint density at radius 1 is 0.957 bits per heavy atom. The van der Waals surface area contributed by atoms with E-state index in [1.807, 2.05) is 30.3 Å². The Morgan fingerprint density at radius 3 is 2.19 bits per heavy atom. The quantitative estimate of drug-likeness (QED) is 0.193. The van der Waals surface area contributed by atoms with E-state index < -0.39 is 45.9 Å². The predicted octanol–water partition coefficient (Wildman–Crippen LogP) is 5.86. The zero-order chi connectivity index (χ0) is 34.1. The van der Waals surface area contributed by atoms with Crippen LogP contribution in [0, 0.1) is 53.3 Å². The Morgan fingerprint density at radius 2 is 1.60 bits per heavy atom. The smallest absolute Gasteiger partial charge is 0.333 e. The summed E-state index contributed by atoms with van der Waals surface area (Å²) in [5.74, 6) is -4.61. The molecule has 0 unspecified atom stereocenters. The Balaban J connectivity index is 1.77. The average Bonchev–Trinajstić information content (AvgIpc) is 3.51. The molecular formula is C37H31ClN4O5. The monoisotopic (exact) mass is 646 g/mol. The van der Waals surface area contributed by atoms with E-state index in [1.165, 1.54) is 24.8 Å². The summed E-state index contributed by atoms with van der Waals surface area (Å²) in [6.45, 7) is 7.99. The molecule has 1 aliphatic carbocycles. The second-order valence-corrected chi connectivity index (χ2v) is 12.8. The summed E-state index contributed by atoms with van der Waals surface area (Å²) in [6, 6.07) is 23.4. The molecule has 0 radical (unpaired) electrons. The third kappa shape index (κ3) is 3.81. The number of fused-ring (bicyclic) bond motifs is 4. The molecule has 6 rings (SSSR count). The van der Waals surface area contributed by atoms with Crippen molar-refractivity contribution in [2.45, 2.75) is 46.6 Å². The van der Waals surface area contributed by atoms with E-state index in [0.717, 1.165) is 10.5 Å². The van der Waals surface area contributed by atoms with Crippen molar-refractivity contribution in [1.82, 2.24) is 0 Å². The average molecular weight is 647 g/mol. The van der Waals surface area contributed by atoms with E-state index in [0.29, 0.717) is 22.5 Å². The van der Waals surface area contributed by atoms with Crippen LogP contribution < -0.4 is 9.80 Å². The Kier molecular flexibility index (Phi) is 7.38. The first-order valence-electron chi connectivity index (χ1n) is 15.2. The van der Waals surface area contributed by atoms with Crippen molar-refractivity contribution in [2.75, 3.05) is 16.4 Å². The maximum Gasteiger partial charge on any atom is 0.333 e. The van der Waals surface area contributed by atoms with Gasteiger partial charge in [-0.3, -0.25) is 14.4 Å². The molecule has 1 saturated heterocycles. The molecule has 0 N–H and O–H groups in total. The van der Waals surface area contributed by atoms with Crippen molar-refractivity contribution < 1.29 is 23.9 Å². The van der Waals surface area contributed by atoms with Crippen LogP contribution in [0.4, 0.5) is 11.4 Å². The number of carbonyl (C=O) groups excluding carboxylic acids is 4. The lowest BCUT2D eigenvalue weighted by Crippen LogP contribution is -2.60. The van der Waals surface area contributed by atoms with Gasteiger partial charge in [0.2, 0.25) is 17.7 Å². The topological polar surface area (TPSA) is 132 Å². The molecule has 2 aliphatic heterocycles. The first kappa shape index (κ1) is 31.7. The highest BCUT2D eigenvalue weighted by Gasteiger charge is 2.87. The predicted molar refractivity (Wildman–Crippen MR) is 174 cm³/mol. The van der Waals surface area contributed by atoms with E-state index >= 15 is 9.59 Å². The first-order valence-corrected chi connectivity index (χ1v) is 15.6. The SMILES string of the molecule is CCOC(=O)/C(C)=C1\[C@H]2C(=O)N(c3c(C)cccc3C)C(=O)[C@@]2(C)[C@]2(C(=O)N(Cc3ccccc3)c3ccc(Cl)cc32)C1(C#N)C#N. The van der Waals surface area contributed by atoms with Gasteiger partial charge in [-0.2, -0.15) is 10.5 Å². The van der Waals surface area contributed by atoms with Crippen LogP contribution >= 0.6 is 11.6 Å². The minimum atomic E-state index is -2.48. The lowest BCUT2D eigenvalue weighted by molar-refractivity contribution is -0.139. The number of esters is 1. The Labute approximate surface area is 277 Å². The third-order valence-corrected chi connectivity index (χ3v) is 10.3. The fraction of sp³-hybridized carbons (Fsp3) is 0.297. The first-order chi connectivity index (χ1) is 22.4. The van der Waals surface area contributed by atoms with E-state index in [9.17, 15) is 20.1 Å². The third-order valence-electron chi connectivity index (χ3n) is 10.1. The van der Waals surface area contributed by atoms with E-state index in [4.69, 9.17) is 16.3 Å². The van der Waals surface area contributed by atoms with Gasteiger partial charge in [-0.1, -0.05) is 60.1 Å². The number of anilines is 2. The summed E-state index contributed by atoms with van der Waals surface area (Å²) < 4.78 is 5.32. The molecule has 236 valence electrons. The van der Waals surface area contributed by atoms with Crippen LogP contribution in [-0.4, -0.2) is 30.3 Å². The van der Waals surface area contributed by atoms with E-state index in [-0.39, 0.29) is 34.9 Å². The van der Waals surface area contributed by atoms with Crippen molar-refractivity contribution in [1.29, 1.82) is 10.5 Å². The number of hydrogen-bond acceptors (Lipinski definition) is 7. The van der Waals surface area contributed by atoms with Crippen LogP contribution in [0.2, 0.25) is 5.02 Å². The van der Waals surface area contributed by atoms with Crippen LogP contribution in [0.25, 0.3) is 0 Å². The number of aryl methyl sites for hydroxylation is 2. The van der Waals surface area contributed by atoms with Gasteiger partial charge < -0.3 is 9.64 Å². The summed E-state index contributed by atoms with van der Waals surface area (Å²) in [5.41, 5.74) is -4.32. The zero-order valence-electron chi connectivity index (χ0n) is 26.6. The van der Waals surface area contributed by atoms with Gasteiger partial charge >= 0.3 is 5.97 Å². The summed E-state index contributed by atoms with van der Waals surface area (Å²) in [7, 11) is 0. The van der Waals surface area contributed by atoms with Crippen molar-refractivity contribution in [3.05, 3.63) is 105 Å². The Bertz CT molecular complexity index is 1990. The van der Waals surface area contributed by atoms with E-state index in [1.54, 1.807) is 51.1 Å². The van der Waals surface area contributed by atoms with Gasteiger partial charge in [-0.25, -0.2) is 9.69 Å². The van der Waals surface area contributed by atoms with Crippen LogP contribution in [0.1, 0.15) is 43.0 Å². The number of nitrogens with zero attached hydrogens (tertiary/aromatic N) is 4. The fourth-order valence-corrected chi connectivity index (χ4v) is 8.39. The largest absolute Gasteiger partial charge is 0.463 e. The van der Waals surface area contributed by atoms with Crippen LogP contribution in [0.15, 0.2) is 77.9 Å². The number of hydrogen-bond donors (Lipinski definition) is 0. The summed E-state index contributed by atoms with van der Waals surface area (Å²) in [6.07, 6.45) is 0. The van der Waals surface area contributed by atoms with Gasteiger partial charge in [0.05, 0.1) is 42.3 Å². The lowest BCUT2D eigenvalue weighted by atomic mass is 9.53. The maximum absolute atomic E-state index is 15.4. The normalized spacial score (nSPS) is 25.0. The second kappa shape index (κ2) is 10.9. The summed E-state index contributed by atoms with van der Waals surface area (Å²) in [5, 5.41) is 22.6. The number of amides is 3. The maximum atomic E-state index is 15.4. The number of nitriles is 2. The molecule has 3 aromatic carbocycles. The van der Waals surface area contributed by atoms with Gasteiger partial charge in [-0.05, 0) is 80.6 Å². The van der Waals surface area contributed by atoms with Gasteiger partial charge in [0.1, 0.15) is 5.41 Å². The number of ether oxygens (including phenoxy) is 1. The van der Waals surface area contributed by atoms with Crippen LogP contribution in [0.5, 0.6) is 0 Å². The van der Waals surface area contributed by atoms with Gasteiger partial charge in [0.25, 0.3) is 0 Å². The number of imide groups is 1. The van der Waals surface area contributed by atoms with Crippen LogP contribution in [-0.2, 0) is 35.9 Å². The molecule has 3 aromatic rings. The zero-order valence-corrected chi connectivity index (χ0v) is 27.3. The number of para-hydroxylation sites is 1. The summed E-state index contributed by atoms with van der Waals surface area (Å²) >= 11 is 6.59. The number of rotatable bonds is 5. The molecule has 1 spiro atoms. The van der Waals surface area contributed by atoms with Gasteiger partial charge in [0, 0.05) is 16.3 Å². The molecule has 3 amide bonds. The standard InChI is InChI=1S/C37H31ClN4O5/c1-6-47-32(44)23(4)28-29-31(43)42(30-21(2)11-10-12-22(30)3)33(45)35(29,5)37(36(28,19-39)20-40)26-17-25(38)15-16-27(26)41(34(37)46)18-24-13-8-7-9-14-24/h7-17,29H,6,18H2,1-5H3/b28-23+/t29-,35-,37-/m0/s1. The van der Waals surface area contributed by atoms with Crippen molar-refractivity contribution >= 4 is 46.7 Å². The fourth-order valence-electron chi connectivity index (χ4n) is 8.22. The molecular weight excluding hydrogens is 616 g/mol. The second-order valence-electron chi connectivity index (χ2n) is 12.4. The molecule has 2 fully saturated rings. The van der Waals surface area contributed by atoms with Gasteiger partial charge in [0.15, 0.2) is 5.41 Å². The molecule has 1 saturated carbocycles.